The normalized spacial score (nSPS) is 14.5. The molecule has 4 heterocycles. The summed E-state index contributed by atoms with van der Waals surface area (Å²) >= 11 is 1.67. The molecule has 0 saturated carbocycles. The van der Waals surface area contributed by atoms with Crippen molar-refractivity contribution in [1.29, 1.82) is 0 Å². The Morgan fingerprint density at radius 3 is 2.68 bits per heavy atom. The van der Waals surface area contributed by atoms with E-state index in [1.807, 2.05) is 12.1 Å². The highest BCUT2D eigenvalue weighted by Gasteiger charge is 2.19. The molecule has 2 N–H and O–H groups in total. The predicted molar refractivity (Wildman–Crippen MR) is 114 cm³/mol. The van der Waals surface area contributed by atoms with Crippen molar-refractivity contribution in [2.24, 2.45) is 0 Å². The molecule has 1 fully saturated rings. The van der Waals surface area contributed by atoms with Crippen molar-refractivity contribution in [2.75, 3.05) is 36.9 Å². The molecular formula is C21H19N5OS. The van der Waals surface area contributed by atoms with Crippen LogP contribution in [0.5, 0.6) is 0 Å². The lowest BCUT2D eigenvalue weighted by molar-refractivity contribution is 0.123. The van der Waals surface area contributed by atoms with E-state index in [9.17, 15) is 0 Å². The van der Waals surface area contributed by atoms with Crippen molar-refractivity contribution in [2.45, 2.75) is 0 Å². The van der Waals surface area contributed by atoms with Gasteiger partial charge < -0.3 is 15.4 Å². The number of benzene rings is 1. The summed E-state index contributed by atoms with van der Waals surface area (Å²) < 4.78 is 5.52. The first-order valence-corrected chi connectivity index (χ1v) is 10.1. The summed E-state index contributed by atoms with van der Waals surface area (Å²) in [6.45, 7) is 3.22. The van der Waals surface area contributed by atoms with E-state index in [0.29, 0.717) is 11.5 Å². The lowest BCUT2D eigenvalue weighted by Crippen LogP contribution is -2.36. The highest BCUT2D eigenvalue weighted by molar-refractivity contribution is 7.13. The molecule has 1 aliphatic heterocycles. The van der Waals surface area contributed by atoms with Gasteiger partial charge in [0, 0.05) is 34.8 Å². The van der Waals surface area contributed by atoms with E-state index in [1.165, 1.54) is 6.33 Å². The monoisotopic (exact) mass is 389 g/mol. The smallest absolute Gasteiger partial charge is 0.165 e. The second kappa shape index (κ2) is 7.18. The second-order valence-electron chi connectivity index (χ2n) is 6.61. The van der Waals surface area contributed by atoms with Crippen LogP contribution in [-0.2, 0) is 4.74 Å². The summed E-state index contributed by atoms with van der Waals surface area (Å²) in [7, 11) is 0. The summed E-state index contributed by atoms with van der Waals surface area (Å²) in [6, 6.07) is 14.6. The van der Waals surface area contributed by atoms with Gasteiger partial charge in [0.1, 0.15) is 12.1 Å². The van der Waals surface area contributed by atoms with Gasteiger partial charge in [0.25, 0.3) is 0 Å². The van der Waals surface area contributed by atoms with Crippen LogP contribution in [0, 0.1) is 0 Å². The molecule has 140 valence electrons. The summed E-state index contributed by atoms with van der Waals surface area (Å²) in [5.74, 6) is 0.453. The molecule has 0 radical (unpaired) electrons. The number of hydrogen-bond acceptors (Lipinski definition) is 7. The molecule has 0 spiro atoms. The average Bonchev–Trinajstić information content (AvgIpc) is 3.29. The zero-order valence-corrected chi connectivity index (χ0v) is 16.0. The molecule has 28 heavy (non-hydrogen) atoms. The quantitative estimate of drug-likeness (QED) is 0.574. The van der Waals surface area contributed by atoms with Crippen LogP contribution in [0.3, 0.4) is 0 Å². The van der Waals surface area contributed by atoms with Gasteiger partial charge in [-0.25, -0.2) is 15.0 Å². The maximum absolute atomic E-state index is 6.19. The lowest BCUT2D eigenvalue weighted by Gasteiger charge is -2.30. The fourth-order valence-electron chi connectivity index (χ4n) is 3.62. The van der Waals surface area contributed by atoms with Crippen LogP contribution in [0.1, 0.15) is 0 Å². The number of nitrogens with two attached hydrogens (primary N) is 1. The van der Waals surface area contributed by atoms with E-state index >= 15 is 0 Å². The molecule has 0 bridgehead atoms. The van der Waals surface area contributed by atoms with E-state index in [1.54, 1.807) is 11.3 Å². The molecule has 0 unspecified atom stereocenters. The Balaban J connectivity index is 1.73. The zero-order valence-electron chi connectivity index (χ0n) is 15.2. The van der Waals surface area contributed by atoms with Gasteiger partial charge in [-0.05, 0) is 23.6 Å². The summed E-state index contributed by atoms with van der Waals surface area (Å²) in [4.78, 5) is 16.9. The molecule has 7 heteroatoms. The number of rotatable bonds is 3. The number of pyridine rings is 1. The number of thiophene rings is 1. The molecule has 5 rings (SSSR count). The number of nitrogens with zero attached hydrogens (tertiary/aromatic N) is 4. The van der Waals surface area contributed by atoms with E-state index in [2.05, 4.69) is 50.6 Å². The number of para-hydroxylation sites is 1. The SMILES string of the molecule is Nc1ncnc2nc(-c3ccccc3N3CCOCC3)cc(-c3cccs3)c12. The van der Waals surface area contributed by atoms with Crippen molar-refractivity contribution >= 4 is 33.9 Å². The lowest BCUT2D eigenvalue weighted by atomic mass is 10.0. The van der Waals surface area contributed by atoms with Gasteiger partial charge in [-0.1, -0.05) is 24.3 Å². The number of anilines is 2. The average molecular weight is 389 g/mol. The molecular weight excluding hydrogens is 370 g/mol. The maximum Gasteiger partial charge on any atom is 0.165 e. The van der Waals surface area contributed by atoms with Crippen molar-refractivity contribution in [1.82, 2.24) is 15.0 Å². The number of morpholine rings is 1. The first-order chi connectivity index (χ1) is 13.8. The largest absolute Gasteiger partial charge is 0.383 e. The van der Waals surface area contributed by atoms with E-state index in [4.69, 9.17) is 15.5 Å². The van der Waals surface area contributed by atoms with Gasteiger partial charge in [0.05, 0.1) is 24.3 Å². The van der Waals surface area contributed by atoms with Crippen LogP contribution in [0.15, 0.2) is 54.2 Å². The van der Waals surface area contributed by atoms with Gasteiger partial charge in [-0.15, -0.1) is 11.3 Å². The summed E-state index contributed by atoms with van der Waals surface area (Å²) in [5, 5.41) is 2.86. The van der Waals surface area contributed by atoms with Gasteiger partial charge in [0.2, 0.25) is 0 Å². The number of nitrogen functional groups attached to an aromatic ring is 1. The minimum absolute atomic E-state index is 0.453. The number of fused-ring (bicyclic) bond motifs is 1. The molecule has 1 saturated heterocycles. The summed E-state index contributed by atoms with van der Waals surface area (Å²) in [6.07, 6.45) is 1.47. The van der Waals surface area contributed by atoms with Crippen LogP contribution < -0.4 is 10.6 Å². The molecule has 4 aromatic rings. The van der Waals surface area contributed by atoms with Gasteiger partial charge >= 0.3 is 0 Å². The zero-order chi connectivity index (χ0) is 18.9. The minimum Gasteiger partial charge on any atom is -0.383 e. The van der Waals surface area contributed by atoms with E-state index < -0.39 is 0 Å². The third kappa shape index (κ3) is 2.98. The van der Waals surface area contributed by atoms with E-state index in [-0.39, 0.29) is 0 Å². The Bertz CT molecular complexity index is 1120. The molecule has 1 aliphatic rings. The fraction of sp³-hybridized carbons (Fsp3) is 0.190. The van der Waals surface area contributed by atoms with E-state index in [0.717, 1.165) is 59.1 Å². The Labute approximate surface area is 166 Å². The Morgan fingerprint density at radius 1 is 1.00 bits per heavy atom. The molecule has 0 amide bonds. The maximum atomic E-state index is 6.19. The first-order valence-electron chi connectivity index (χ1n) is 9.18. The van der Waals surface area contributed by atoms with Gasteiger partial charge in [-0.3, -0.25) is 0 Å². The highest BCUT2D eigenvalue weighted by atomic mass is 32.1. The van der Waals surface area contributed by atoms with Gasteiger partial charge in [-0.2, -0.15) is 0 Å². The van der Waals surface area contributed by atoms with Crippen molar-refractivity contribution in [3.05, 3.63) is 54.2 Å². The molecule has 0 aliphatic carbocycles. The van der Waals surface area contributed by atoms with Crippen LogP contribution in [0.2, 0.25) is 0 Å². The third-order valence-electron chi connectivity index (χ3n) is 4.95. The predicted octanol–water partition coefficient (Wildman–Crippen LogP) is 3.84. The summed E-state index contributed by atoms with van der Waals surface area (Å²) in [5.41, 5.74) is 11.0. The Kier molecular flexibility index (Phi) is 4.38. The number of hydrogen-bond donors (Lipinski definition) is 1. The first kappa shape index (κ1) is 17.1. The molecule has 0 atom stereocenters. The topological polar surface area (TPSA) is 77.2 Å². The Morgan fingerprint density at radius 2 is 1.86 bits per heavy atom. The van der Waals surface area contributed by atoms with Gasteiger partial charge in [0.15, 0.2) is 5.65 Å². The van der Waals surface area contributed by atoms with Crippen LogP contribution >= 0.6 is 11.3 Å². The standard InChI is InChI=1S/C21H19N5OS/c22-20-19-15(18-6-3-11-28-18)12-16(25-21(19)24-13-23-20)14-4-1-2-5-17(14)26-7-9-27-10-8-26/h1-6,11-13H,7-10H2,(H2,22,23,24,25). The molecule has 3 aromatic heterocycles. The van der Waals surface area contributed by atoms with Crippen molar-refractivity contribution in [3.63, 3.8) is 0 Å². The molecule has 1 aromatic carbocycles. The Hall–Kier alpha value is -3.03. The van der Waals surface area contributed by atoms with Crippen LogP contribution in [0.25, 0.3) is 32.7 Å². The second-order valence-corrected chi connectivity index (χ2v) is 7.55. The molecule has 6 nitrogen and oxygen atoms in total. The number of ether oxygens (including phenoxy) is 1. The fourth-order valence-corrected chi connectivity index (χ4v) is 4.37. The minimum atomic E-state index is 0.453. The van der Waals surface area contributed by atoms with Crippen LogP contribution in [-0.4, -0.2) is 41.3 Å². The highest BCUT2D eigenvalue weighted by Crippen LogP contribution is 2.38. The number of aromatic nitrogens is 3. The van der Waals surface area contributed by atoms with Crippen molar-refractivity contribution in [3.8, 4) is 21.7 Å². The third-order valence-corrected chi connectivity index (χ3v) is 5.85. The van der Waals surface area contributed by atoms with Crippen molar-refractivity contribution < 1.29 is 4.74 Å². The van der Waals surface area contributed by atoms with Crippen LogP contribution in [0.4, 0.5) is 11.5 Å².